The van der Waals surface area contributed by atoms with Crippen molar-refractivity contribution in [3.05, 3.63) is 77.7 Å². The van der Waals surface area contributed by atoms with E-state index in [1.54, 1.807) is 0 Å². The number of benzene rings is 2. The topological polar surface area (TPSA) is 21.7 Å². The third-order valence-electron chi connectivity index (χ3n) is 4.98. The molecule has 0 radical (unpaired) electrons. The molecule has 2 aromatic heterocycles. The number of pyridine rings is 1. The van der Waals surface area contributed by atoms with Gasteiger partial charge in [0.25, 0.3) is 0 Å². The maximum atomic E-state index is 4.87. The maximum absolute atomic E-state index is 4.87. The van der Waals surface area contributed by atoms with Gasteiger partial charge in [0.1, 0.15) is 12.9 Å². The Kier molecular flexibility index (Phi) is 2.69. The van der Waals surface area contributed by atoms with Crippen molar-refractivity contribution < 1.29 is 4.57 Å². The molecule has 0 aliphatic carbocycles. The summed E-state index contributed by atoms with van der Waals surface area (Å²) in [7, 11) is 2.10. The van der Waals surface area contributed by atoms with E-state index in [2.05, 4.69) is 83.9 Å². The molecule has 3 heteroatoms. The normalized spacial score (nSPS) is 12.4. The van der Waals surface area contributed by atoms with E-state index >= 15 is 0 Å². The van der Waals surface area contributed by atoms with Gasteiger partial charge < -0.3 is 0 Å². The highest BCUT2D eigenvalue weighted by Crippen LogP contribution is 2.32. The summed E-state index contributed by atoms with van der Waals surface area (Å²) < 4.78 is 4.49. The number of aromatic nitrogens is 3. The number of aryl methyl sites for hydroxylation is 2. The molecule has 0 fully saturated rings. The van der Waals surface area contributed by atoms with Gasteiger partial charge in [0.15, 0.2) is 11.7 Å². The first kappa shape index (κ1) is 13.5. The van der Waals surface area contributed by atoms with Gasteiger partial charge in [0.05, 0.1) is 11.2 Å². The van der Waals surface area contributed by atoms with Gasteiger partial charge in [0.2, 0.25) is 5.69 Å². The van der Waals surface area contributed by atoms with E-state index in [0.29, 0.717) is 0 Å². The number of rotatable bonds is 1. The van der Waals surface area contributed by atoms with Crippen LogP contribution in [0.25, 0.3) is 28.0 Å². The van der Waals surface area contributed by atoms with E-state index in [0.717, 1.165) is 17.8 Å². The van der Waals surface area contributed by atoms with Crippen LogP contribution >= 0.6 is 0 Å². The van der Waals surface area contributed by atoms with Crippen LogP contribution in [-0.2, 0) is 13.5 Å². The van der Waals surface area contributed by atoms with Crippen LogP contribution in [0.15, 0.2) is 60.8 Å². The molecular formula is C21H18N3+. The number of hydrogen-bond acceptors (Lipinski definition) is 1. The molecule has 5 rings (SSSR count). The van der Waals surface area contributed by atoms with E-state index in [1.807, 2.05) is 0 Å². The molecule has 0 bridgehead atoms. The van der Waals surface area contributed by atoms with Gasteiger partial charge in [-0.1, -0.05) is 36.4 Å². The van der Waals surface area contributed by atoms with Gasteiger partial charge in [-0.05, 0) is 30.2 Å². The number of nitrogens with zero attached hydrogens (tertiary/aromatic N) is 3. The van der Waals surface area contributed by atoms with Crippen LogP contribution in [0, 0.1) is 6.92 Å². The number of hydrogen-bond donors (Lipinski definition) is 0. The Hall–Kier alpha value is -2.94. The number of fused-ring (bicyclic) bond motifs is 5. The highest BCUT2D eigenvalue weighted by molar-refractivity contribution is 5.82. The van der Waals surface area contributed by atoms with Gasteiger partial charge in [-0.25, -0.2) is 4.98 Å². The summed E-state index contributed by atoms with van der Waals surface area (Å²) in [4.78, 5) is 4.87. The third kappa shape index (κ3) is 1.78. The van der Waals surface area contributed by atoms with Gasteiger partial charge in [-0.2, -0.15) is 4.57 Å². The Morgan fingerprint density at radius 2 is 1.83 bits per heavy atom. The van der Waals surface area contributed by atoms with Gasteiger partial charge in [0, 0.05) is 18.1 Å². The van der Waals surface area contributed by atoms with Gasteiger partial charge >= 0.3 is 0 Å². The van der Waals surface area contributed by atoms with Crippen molar-refractivity contribution in [2.24, 2.45) is 7.05 Å². The van der Waals surface area contributed by atoms with Gasteiger partial charge in [-0.15, -0.1) is 0 Å². The highest BCUT2D eigenvalue weighted by Gasteiger charge is 2.25. The minimum atomic E-state index is 0.911. The average Bonchev–Trinajstić information content (AvgIpc) is 3.10. The minimum Gasteiger partial charge on any atom is -0.295 e. The zero-order chi connectivity index (χ0) is 16.3. The molecule has 0 saturated heterocycles. The molecular weight excluding hydrogens is 294 g/mol. The lowest BCUT2D eigenvalue weighted by molar-refractivity contribution is -0.659. The predicted molar refractivity (Wildman–Crippen MR) is 95.2 cm³/mol. The molecule has 0 saturated carbocycles. The van der Waals surface area contributed by atoms with E-state index in [-0.39, 0.29) is 0 Å². The first-order chi connectivity index (χ1) is 11.7. The number of para-hydroxylation sites is 1. The molecule has 0 atom stereocenters. The fraction of sp³-hybridized carbons (Fsp3) is 0.143. The Morgan fingerprint density at radius 3 is 2.71 bits per heavy atom. The Morgan fingerprint density at radius 1 is 1.04 bits per heavy atom. The van der Waals surface area contributed by atoms with Crippen molar-refractivity contribution >= 4 is 11.0 Å². The zero-order valence-corrected chi connectivity index (χ0v) is 13.8. The molecule has 116 valence electrons. The summed E-state index contributed by atoms with van der Waals surface area (Å²) in [5, 5.41) is 0. The predicted octanol–water partition coefficient (Wildman–Crippen LogP) is 3.73. The fourth-order valence-electron chi connectivity index (χ4n) is 3.78. The van der Waals surface area contributed by atoms with Crippen LogP contribution in [0.3, 0.4) is 0 Å². The second kappa shape index (κ2) is 4.78. The number of imidazole rings is 1. The van der Waals surface area contributed by atoms with Crippen molar-refractivity contribution in [1.82, 2.24) is 9.55 Å². The molecule has 3 nitrogen and oxygen atoms in total. The summed E-state index contributed by atoms with van der Waals surface area (Å²) in [6, 6.07) is 19.4. The molecule has 1 aliphatic heterocycles. The van der Waals surface area contributed by atoms with Crippen LogP contribution in [0.2, 0.25) is 0 Å². The minimum absolute atomic E-state index is 0.911. The Balaban J connectivity index is 1.82. The molecule has 2 aromatic carbocycles. The SMILES string of the molecule is Cc1ccccc1-c1cc2c(c[n+]1C)nc1n2-c2ccccc2C1. The zero-order valence-electron chi connectivity index (χ0n) is 13.8. The van der Waals surface area contributed by atoms with Gasteiger partial charge in [-0.3, -0.25) is 4.57 Å². The van der Waals surface area contributed by atoms with E-state index in [9.17, 15) is 0 Å². The van der Waals surface area contributed by atoms with E-state index < -0.39 is 0 Å². The molecule has 0 spiro atoms. The molecule has 0 unspecified atom stereocenters. The largest absolute Gasteiger partial charge is 0.295 e. The first-order valence-corrected chi connectivity index (χ1v) is 8.27. The standard InChI is InChI=1S/C21H18N3/c1-14-7-3-5-9-16(14)19-12-20-17(13-23(19)2)22-21-11-15-8-4-6-10-18(15)24(20)21/h3-10,12-13H,11H2,1-2H3/q+1. The molecule has 3 heterocycles. The molecule has 0 amide bonds. The summed E-state index contributed by atoms with van der Waals surface area (Å²) >= 11 is 0. The first-order valence-electron chi connectivity index (χ1n) is 8.27. The van der Waals surface area contributed by atoms with Crippen LogP contribution in [-0.4, -0.2) is 9.55 Å². The van der Waals surface area contributed by atoms with Crippen molar-refractivity contribution in [3.8, 4) is 16.9 Å². The van der Waals surface area contributed by atoms with Crippen LogP contribution in [0.1, 0.15) is 17.0 Å². The highest BCUT2D eigenvalue weighted by atomic mass is 15.1. The smallest absolute Gasteiger partial charge is 0.214 e. The Labute approximate surface area is 140 Å². The lowest BCUT2D eigenvalue weighted by atomic mass is 10.0. The monoisotopic (exact) mass is 312 g/mol. The van der Waals surface area contributed by atoms with Crippen molar-refractivity contribution in [1.29, 1.82) is 0 Å². The van der Waals surface area contributed by atoms with Crippen LogP contribution < -0.4 is 4.57 Å². The summed E-state index contributed by atoms with van der Waals surface area (Å²) in [5.41, 5.74) is 8.63. The lowest BCUT2D eigenvalue weighted by Gasteiger charge is -2.06. The van der Waals surface area contributed by atoms with Crippen molar-refractivity contribution in [2.75, 3.05) is 0 Å². The Bertz CT molecular complexity index is 1110. The fourth-order valence-corrected chi connectivity index (χ4v) is 3.78. The second-order valence-corrected chi connectivity index (χ2v) is 6.52. The van der Waals surface area contributed by atoms with Crippen LogP contribution in [0.4, 0.5) is 0 Å². The second-order valence-electron chi connectivity index (χ2n) is 6.52. The summed E-state index contributed by atoms with van der Waals surface area (Å²) in [6.07, 6.45) is 3.05. The van der Waals surface area contributed by atoms with Crippen LogP contribution in [0.5, 0.6) is 0 Å². The van der Waals surface area contributed by atoms with E-state index in [1.165, 1.54) is 33.6 Å². The molecule has 0 N–H and O–H groups in total. The molecule has 1 aliphatic rings. The summed E-state index contributed by atoms with van der Waals surface area (Å²) in [5.74, 6) is 1.13. The van der Waals surface area contributed by atoms with E-state index in [4.69, 9.17) is 4.98 Å². The summed E-state index contributed by atoms with van der Waals surface area (Å²) in [6.45, 7) is 2.16. The average molecular weight is 312 g/mol. The van der Waals surface area contributed by atoms with Crippen molar-refractivity contribution in [3.63, 3.8) is 0 Å². The molecule has 4 aromatic rings. The maximum Gasteiger partial charge on any atom is 0.214 e. The van der Waals surface area contributed by atoms with Crippen molar-refractivity contribution in [2.45, 2.75) is 13.3 Å². The quantitative estimate of drug-likeness (QED) is 0.432. The molecule has 24 heavy (non-hydrogen) atoms. The third-order valence-corrected chi connectivity index (χ3v) is 4.98. The lowest BCUT2D eigenvalue weighted by Crippen LogP contribution is -2.30.